The van der Waals surface area contributed by atoms with Crippen LogP contribution in [-0.4, -0.2) is 18.2 Å². The summed E-state index contributed by atoms with van der Waals surface area (Å²) in [4.78, 5) is 12.2. The fraction of sp³-hybridized carbons (Fsp3) is 0.214. The third kappa shape index (κ3) is 3.32. The van der Waals surface area contributed by atoms with Crippen LogP contribution >= 0.6 is 11.8 Å². The van der Waals surface area contributed by atoms with Gasteiger partial charge in [-0.25, -0.2) is 4.79 Å². The van der Waals surface area contributed by atoms with Crippen molar-refractivity contribution >= 4 is 17.7 Å². The van der Waals surface area contributed by atoms with Gasteiger partial charge in [0.05, 0.1) is 12.4 Å². The molecule has 0 aliphatic rings. The van der Waals surface area contributed by atoms with Crippen LogP contribution in [0.4, 0.5) is 0 Å². The van der Waals surface area contributed by atoms with Crippen LogP contribution in [0.5, 0.6) is 5.75 Å². The van der Waals surface area contributed by atoms with Crippen molar-refractivity contribution in [1.82, 2.24) is 0 Å². The number of methoxy groups -OCH3 is 1. The van der Waals surface area contributed by atoms with Gasteiger partial charge in [-0.05, 0) is 37.3 Å². The third-order valence-electron chi connectivity index (χ3n) is 2.54. The van der Waals surface area contributed by atoms with Gasteiger partial charge in [-0.1, -0.05) is 6.07 Å². The molecule has 1 heterocycles. The van der Waals surface area contributed by atoms with E-state index in [4.69, 9.17) is 4.42 Å². The maximum absolute atomic E-state index is 11.3. The van der Waals surface area contributed by atoms with Crippen LogP contribution in [0, 0.1) is 0 Å². The Kier molecular flexibility index (Phi) is 4.16. The van der Waals surface area contributed by atoms with Crippen LogP contribution in [0.25, 0.3) is 0 Å². The number of hydrogen-bond acceptors (Lipinski definition) is 5. The number of ether oxygens (including phenoxy) is 1. The molecular weight excluding hydrogens is 264 g/mol. The molecule has 2 rings (SSSR count). The Morgan fingerprint density at radius 1 is 1.37 bits per heavy atom. The fourth-order valence-corrected chi connectivity index (χ4v) is 2.60. The molecule has 19 heavy (non-hydrogen) atoms. The van der Waals surface area contributed by atoms with E-state index in [0.29, 0.717) is 5.76 Å². The van der Waals surface area contributed by atoms with Crippen LogP contribution in [0.3, 0.4) is 0 Å². The van der Waals surface area contributed by atoms with Crippen molar-refractivity contribution in [3.8, 4) is 5.75 Å². The van der Waals surface area contributed by atoms with Gasteiger partial charge in [0.15, 0.2) is 0 Å². The second-order valence-corrected chi connectivity index (χ2v) is 5.37. The van der Waals surface area contributed by atoms with Gasteiger partial charge in [0.1, 0.15) is 11.5 Å². The summed E-state index contributed by atoms with van der Waals surface area (Å²) in [6, 6.07) is 10.4. The molecule has 1 atom stereocenters. The number of furan rings is 1. The van der Waals surface area contributed by atoms with Crippen LogP contribution in [0.1, 0.15) is 28.5 Å². The maximum atomic E-state index is 11.3. The summed E-state index contributed by atoms with van der Waals surface area (Å²) in [5.74, 6) is 0.627. The quantitative estimate of drug-likeness (QED) is 0.683. The van der Waals surface area contributed by atoms with Crippen LogP contribution < -0.4 is 0 Å². The lowest BCUT2D eigenvalue weighted by molar-refractivity contribution is 0.0563. The van der Waals surface area contributed by atoms with E-state index in [2.05, 4.69) is 4.74 Å². The number of carbonyl (C=O) groups excluding carboxylic acids is 1. The molecule has 0 fully saturated rings. The Hall–Kier alpha value is -1.88. The normalized spacial score (nSPS) is 12.1. The molecule has 100 valence electrons. The van der Waals surface area contributed by atoms with Crippen molar-refractivity contribution in [3.05, 3.63) is 47.9 Å². The second-order valence-electron chi connectivity index (χ2n) is 3.95. The lowest BCUT2D eigenvalue weighted by atomic mass is 10.3. The number of carbonyl (C=O) groups is 1. The number of phenols is 1. The number of hydrogen-bond donors (Lipinski definition) is 1. The molecule has 0 spiro atoms. The van der Waals surface area contributed by atoms with Crippen LogP contribution in [0.2, 0.25) is 0 Å². The van der Waals surface area contributed by atoms with Crippen molar-refractivity contribution in [2.75, 3.05) is 7.11 Å². The zero-order valence-electron chi connectivity index (χ0n) is 10.6. The minimum absolute atomic E-state index is 0.0280. The molecule has 4 nitrogen and oxygen atoms in total. The van der Waals surface area contributed by atoms with Crippen molar-refractivity contribution in [2.45, 2.75) is 17.1 Å². The molecule has 1 aromatic carbocycles. The first-order valence-electron chi connectivity index (χ1n) is 5.74. The lowest BCUT2D eigenvalue weighted by Gasteiger charge is -2.08. The SMILES string of the molecule is COC(=O)c1ccc(C(C)Sc2cccc(O)c2)o1. The first-order valence-corrected chi connectivity index (χ1v) is 6.62. The highest BCUT2D eigenvalue weighted by molar-refractivity contribution is 7.99. The number of thioether (sulfide) groups is 1. The molecule has 1 N–H and O–H groups in total. The van der Waals surface area contributed by atoms with Gasteiger partial charge in [-0.2, -0.15) is 0 Å². The molecule has 0 radical (unpaired) electrons. The number of esters is 1. The van der Waals surface area contributed by atoms with Crippen molar-refractivity contribution < 1.29 is 19.1 Å². The van der Waals surface area contributed by atoms with Gasteiger partial charge in [-0.3, -0.25) is 0 Å². The monoisotopic (exact) mass is 278 g/mol. The molecule has 1 aromatic heterocycles. The summed E-state index contributed by atoms with van der Waals surface area (Å²) in [6.45, 7) is 1.97. The molecule has 0 saturated carbocycles. The van der Waals surface area contributed by atoms with Crippen LogP contribution in [0.15, 0.2) is 45.7 Å². The summed E-state index contributed by atoms with van der Waals surface area (Å²) in [5, 5.41) is 9.44. The van der Waals surface area contributed by atoms with E-state index in [0.717, 1.165) is 4.90 Å². The van der Waals surface area contributed by atoms with E-state index >= 15 is 0 Å². The Bertz CT molecular complexity index is 576. The number of rotatable bonds is 4. The van der Waals surface area contributed by atoms with Crippen molar-refractivity contribution in [3.63, 3.8) is 0 Å². The van der Waals surface area contributed by atoms with Gasteiger partial charge < -0.3 is 14.3 Å². The molecular formula is C14H14O4S. The van der Waals surface area contributed by atoms with Gasteiger partial charge in [0.25, 0.3) is 0 Å². The van der Waals surface area contributed by atoms with E-state index in [-0.39, 0.29) is 16.8 Å². The maximum Gasteiger partial charge on any atom is 0.373 e. The summed E-state index contributed by atoms with van der Waals surface area (Å²) >= 11 is 1.54. The smallest absolute Gasteiger partial charge is 0.373 e. The number of phenolic OH excluding ortho intramolecular Hbond substituents is 1. The Morgan fingerprint density at radius 2 is 2.16 bits per heavy atom. The highest BCUT2D eigenvalue weighted by Crippen LogP contribution is 2.36. The summed E-state index contributed by atoms with van der Waals surface area (Å²) in [7, 11) is 1.31. The van der Waals surface area contributed by atoms with Crippen LogP contribution in [-0.2, 0) is 4.74 Å². The number of aromatic hydroxyl groups is 1. The van der Waals surface area contributed by atoms with E-state index in [1.807, 2.05) is 13.0 Å². The van der Waals surface area contributed by atoms with E-state index in [9.17, 15) is 9.90 Å². The molecule has 1 unspecified atom stereocenters. The average Bonchev–Trinajstić information content (AvgIpc) is 2.87. The average molecular weight is 278 g/mol. The van der Waals surface area contributed by atoms with E-state index in [1.165, 1.54) is 18.9 Å². The van der Waals surface area contributed by atoms with Crippen molar-refractivity contribution in [2.24, 2.45) is 0 Å². The second kappa shape index (κ2) is 5.84. The zero-order valence-corrected chi connectivity index (χ0v) is 11.4. The zero-order chi connectivity index (χ0) is 13.8. The van der Waals surface area contributed by atoms with Gasteiger partial charge >= 0.3 is 5.97 Å². The van der Waals surface area contributed by atoms with E-state index < -0.39 is 5.97 Å². The van der Waals surface area contributed by atoms with Gasteiger partial charge in [-0.15, -0.1) is 11.8 Å². The highest BCUT2D eigenvalue weighted by Gasteiger charge is 2.16. The lowest BCUT2D eigenvalue weighted by Crippen LogP contribution is -1.98. The Labute approximate surface area is 115 Å². The Morgan fingerprint density at radius 3 is 2.84 bits per heavy atom. The predicted octanol–water partition coefficient (Wildman–Crippen LogP) is 3.63. The van der Waals surface area contributed by atoms with Crippen molar-refractivity contribution in [1.29, 1.82) is 0 Å². The standard InChI is InChI=1S/C14H14O4S/c1-9(19-11-5-3-4-10(15)8-11)12-6-7-13(18-12)14(16)17-2/h3-9,15H,1-2H3. The summed E-state index contributed by atoms with van der Waals surface area (Å²) in [6.07, 6.45) is 0. The molecule has 0 amide bonds. The molecule has 0 aliphatic heterocycles. The first-order chi connectivity index (χ1) is 9.10. The highest BCUT2D eigenvalue weighted by atomic mass is 32.2. The Balaban J connectivity index is 2.09. The summed E-state index contributed by atoms with van der Waals surface area (Å²) < 4.78 is 10.0. The fourth-order valence-electron chi connectivity index (χ4n) is 1.60. The molecule has 0 saturated heterocycles. The number of benzene rings is 1. The van der Waals surface area contributed by atoms with Gasteiger partial charge in [0.2, 0.25) is 5.76 Å². The summed E-state index contributed by atoms with van der Waals surface area (Å²) in [5.41, 5.74) is 0. The predicted molar refractivity (Wildman–Crippen MR) is 72.4 cm³/mol. The molecule has 2 aromatic rings. The first kappa shape index (κ1) is 13.5. The molecule has 0 aliphatic carbocycles. The van der Waals surface area contributed by atoms with E-state index in [1.54, 1.807) is 30.3 Å². The minimum Gasteiger partial charge on any atom is -0.508 e. The third-order valence-corrected chi connectivity index (χ3v) is 3.66. The molecule has 0 bridgehead atoms. The minimum atomic E-state index is -0.485. The largest absolute Gasteiger partial charge is 0.508 e. The van der Waals surface area contributed by atoms with Gasteiger partial charge in [0, 0.05) is 4.90 Å². The molecule has 5 heteroatoms. The topological polar surface area (TPSA) is 59.7 Å².